The lowest BCUT2D eigenvalue weighted by molar-refractivity contribution is -0.126. The minimum Gasteiger partial charge on any atom is -0.383 e. The second-order valence-electron chi connectivity index (χ2n) is 5.68. The fourth-order valence-electron chi connectivity index (χ4n) is 2.43. The molecule has 7 heteroatoms. The summed E-state index contributed by atoms with van der Waals surface area (Å²) >= 11 is 5.88. The highest BCUT2D eigenvalue weighted by atomic mass is 35.5. The Hall–Kier alpha value is -1.37. The Balaban J connectivity index is 2.27. The number of benzene rings is 1. The number of amides is 1. The van der Waals surface area contributed by atoms with Gasteiger partial charge in [-0.25, -0.2) is 4.39 Å². The molecule has 1 aliphatic heterocycles. The molecule has 1 fully saturated rings. The molecule has 0 bridgehead atoms. The average Bonchev–Trinajstić information content (AvgIpc) is 2.57. The fourth-order valence-corrected chi connectivity index (χ4v) is 2.58. The molecule has 0 aliphatic carbocycles. The van der Waals surface area contributed by atoms with Gasteiger partial charge in [0.15, 0.2) is 5.82 Å². The third-order valence-electron chi connectivity index (χ3n) is 4.11. The molecule has 1 aromatic rings. The molecule has 0 radical (unpaired) electrons. The molecule has 2 atom stereocenters. The smallest absolute Gasteiger partial charge is 0.253 e. The second kappa shape index (κ2) is 7.95. The highest BCUT2D eigenvalue weighted by Crippen LogP contribution is 2.34. The van der Waals surface area contributed by atoms with Gasteiger partial charge in [0, 0.05) is 13.1 Å². The Kier molecular flexibility index (Phi) is 6.21. The maximum Gasteiger partial charge on any atom is 0.253 e. The Morgan fingerprint density at radius 1 is 1.48 bits per heavy atom. The molecule has 2 N–H and O–H groups in total. The van der Waals surface area contributed by atoms with Gasteiger partial charge in [-0.2, -0.15) is 0 Å². The summed E-state index contributed by atoms with van der Waals surface area (Å²) in [6.45, 7) is 5.66. The van der Waals surface area contributed by atoms with Crippen molar-refractivity contribution in [3.05, 3.63) is 23.0 Å². The molecular formula is C16H22ClFN2O3. The van der Waals surface area contributed by atoms with Crippen molar-refractivity contribution in [2.24, 2.45) is 5.92 Å². The summed E-state index contributed by atoms with van der Waals surface area (Å²) in [5, 5.41) is 12.6. The summed E-state index contributed by atoms with van der Waals surface area (Å²) < 4.78 is 19.8. The predicted octanol–water partition coefficient (Wildman–Crippen LogP) is 2.66. The van der Waals surface area contributed by atoms with Crippen LogP contribution in [0.4, 0.5) is 15.8 Å². The molecule has 1 aromatic carbocycles. The number of rotatable bonds is 5. The van der Waals surface area contributed by atoms with Gasteiger partial charge < -0.3 is 20.1 Å². The molecule has 0 saturated carbocycles. The Labute approximate surface area is 140 Å². The molecule has 5 nitrogen and oxygen atoms in total. The van der Waals surface area contributed by atoms with E-state index in [2.05, 4.69) is 5.32 Å². The van der Waals surface area contributed by atoms with Crippen molar-refractivity contribution in [1.29, 1.82) is 0 Å². The molecule has 23 heavy (non-hydrogen) atoms. The summed E-state index contributed by atoms with van der Waals surface area (Å²) in [6.07, 6.45) is -0.476. The van der Waals surface area contributed by atoms with Crippen LogP contribution in [0.5, 0.6) is 0 Å². The van der Waals surface area contributed by atoms with Crippen molar-refractivity contribution in [1.82, 2.24) is 0 Å². The van der Waals surface area contributed by atoms with Crippen LogP contribution in [0.15, 0.2) is 12.1 Å². The lowest BCUT2D eigenvalue weighted by Crippen LogP contribution is -2.38. The van der Waals surface area contributed by atoms with Crippen LogP contribution in [0.25, 0.3) is 0 Å². The summed E-state index contributed by atoms with van der Waals surface area (Å²) in [6, 6.07) is 2.95. The lowest BCUT2D eigenvalue weighted by atomic mass is 10.0. The molecule has 2 unspecified atom stereocenters. The zero-order valence-electron chi connectivity index (χ0n) is 13.3. The van der Waals surface area contributed by atoms with Gasteiger partial charge in [-0.3, -0.25) is 4.79 Å². The SMILES string of the molecule is CCC(C)C(O)C(=O)Nc1ccc(Cl)c(F)c1N1CCOCC1. The van der Waals surface area contributed by atoms with Crippen molar-refractivity contribution in [2.45, 2.75) is 26.4 Å². The molecule has 1 aliphatic rings. The van der Waals surface area contributed by atoms with Gasteiger partial charge in [0.2, 0.25) is 0 Å². The number of anilines is 2. The minimum absolute atomic E-state index is 0.00744. The highest BCUT2D eigenvalue weighted by Gasteiger charge is 2.25. The van der Waals surface area contributed by atoms with E-state index in [1.807, 2.05) is 6.92 Å². The Morgan fingerprint density at radius 2 is 2.13 bits per heavy atom. The summed E-state index contributed by atoms with van der Waals surface area (Å²) in [5.41, 5.74) is 0.548. The number of carbonyl (C=O) groups excluding carboxylic acids is 1. The van der Waals surface area contributed by atoms with Gasteiger partial charge in [-0.15, -0.1) is 0 Å². The van der Waals surface area contributed by atoms with Gasteiger partial charge in [0.1, 0.15) is 6.10 Å². The van der Waals surface area contributed by atoms with E-state index in [9.17, 15) is 14.3 Å². The molecule has 0 spiro atoms. The lowest BCUT2D eigenvalue weighted by Gasteiger charge is -2.31. The van der Waals surface area contributed by atoms with E-state index in [1.54, 1.807) is 17.9 Å². The normalized spacial score (nSPS) is 17.7. The largest absolute Gasteiger partial charge is 0.383 e. The number of carbonyl (C=O) groups is 1. The van der Waals surface area contributed by atoms with Crippen LogP contribution in [-0.4, -0.2) is 43.4 Å². The molecule has 1 saturated heterocycles. The van der Waals surface area contributed by atoms with Gasteiger partial charge in [-0.05, 0) is 18.1 Å². The number of nitrogens with zero attached hydrogens (tertiary/aromatic N) is 1. The summed E-state index contributed by atoms with van der Waals surface area (Å²) in [7, 11) is 0. The maximum atomic E-state index is 14.5. The van der Waals surface area contributed by atoms with Crippen molar-refractivity contribution in [3.8, 4) is 0 Å². The van der Waals surface area contributed by atoms with Gasteiger partial charge in [0.05, 0.1) is 29.6 Å². The standard InChI is InChI=1S/C16H22ClFN2O3/c1-3-10(2)15(21)16(22)19-12-5-4-11(17)13(18)14(12)20-6-8-23-9-7-20/h4-5,10,15,21H,3,6-9H2,1-2H3,(H,19,22). The minimum atomic E-state index is -1.14. The van der Waals surface area contributed by atoms with E-state index >= 15 is 0 Å². The van der Waals surface area contributed by atoms with Gasteiger partial charge >= 0.3 is 0 Å². The average molecular weight is 345 g/mol. The third-order valence-corrected chi connectivity index (χ3v) is 4.40. The monoisotopic (exact) mass is 344 g/mol. The third kappa shape index (κ3) is 4.13. The number of aliphatic hydroxyl groups is 1. The topological polar surface area (TPSA) is 61.8 Å². The quantitative estimate of drug-likeness (QED) is 0.862. The fraction of sp³-hybridized carbons (Fsp3) is 0.562. The van der Waals surface area contributed by atoms with Crippen LogP contribution in [-0.2, 0) is 9.53 Å². The summed E-state index contributed by atoms with van der Waals surface area (Å²) in [4.78, 5) is 14.0. The first-order valence-corrected chi connectivity index (χ1v) is 8.13. The van der Waals surface area contributed by atoms with Crippen molar-refractivity contribution in [3.63, 3.8) is 0 Å². The molecule has 128 valence electrons. The van der Waals surface area contributed by atoms with Crippen molar-refractivity contribution >= 4 is 28.9 Å². The zero-order chi connectivity index (χ0) is 17.0. The Morgan fingerprint density at radius 3 is 2.74 bits per heavy atom. The van der Waals surface area contributed by atoms with Crippen LogP contribution >= 0.6 is 11.6 Å². The first-order valence-electron chi connectivity index (χ1n) is 7.75. The number of hydrogen-bond acceptors (Lipinski definition) is 4. The van der Waals surface area contributed by atoms with Crippen LogP contribution in [0.3, 0.4) is 0 Å². The van der Waals surface area contributed by atoms with Gasteiger partial charge in [0.25, 0.3) is 5.91 Å². The van der Waals surface area contributed by atoms with E-state index in [1.165, 1.54) is 6.07 Å². The zero-order valence-corrected chi connectivity index (χ0v) is 14.1. The van der Waals surface area contributed by atoms with Crippen LogP contribution < -0.4 is 10.2 Å². The highest BCUT2D eigenvalue weighted by molar-refractivity contribution is 6.31. The van der Waals surface area contributed by atoms with E-state index in [0.717, 1.165) is 0 Å². The number of aliphatic hydroxyl groups excluding tert-OH is 1. The number of halogens is 2. The number of nitrogens with one attached hydrogen (secondary N) is 1. The first-order chi connectivity index (χ1) is 11.0. The number of morpholine rings is 1. The Bertz CT molecular complexity index is 565. The van der Waals surface area contributed by atoms with Gasteiger partial charge in [-0.1, -0.05) is 31.9 Å². The van der Waals surface area contributed by atoms with E-state index in [4.69, 9.17) is 16.3 Å². The van der Waals surface area contributed by atoms with E-state index < -0.39 is 17.8 Å². The number of ether oxygens (including phenoxy) is 1. The molecule has 0 aromatic heterocycles. The van der Waals surface area contributed by atoms with E-state index in [0.29, 0.717) is 38.4 Å². The number of hydrogen-bond donors (Lipinski definition) is 2. The molecule has 1 amide bonds. The van der Waals surface area contributed by atoms with Crippen LogP contribution in [0.1, 0.15) is 20.3 Å². The molecular weight excluding hydrogens is 323 g/mol. The van der Waals surface area contributed by atoms with Crippen LogP contribution in [0.2, 0.25) is 5.02 Å². The van der Waals surface area contributed by atoms with Crippen molar-refractivity contribution in [2.75, 3.05) is 36.5 Å². The van der Waals surface area contributed by atoms with E-state index in [-0.39, 0.29) is 16.6 Å². The first kappa shape index (κ1) is 18.0. The summed E-state index contributed by atoms with van der Waals surface area (Å²) in [5.74, 6) is -1.31. The predicted molar refractivity (Wildman–Crippen MR) is 88.5 cm³/mol. The maximum absolute atomic E-state index is 14.5. The molecule has 2 rings (SSSR count). The van der Waals surface area contributed by atoms with Crippen LogP contribution in [0, 0.1) is 11.7 Å². The molecule has 1 heterocycles. The van der Waals surface area contributed by atoms with Crippen molar-refractivity contribution < 1.29 is 19.0 Å². The second-order valence-corrected chi connectivity index (χ2v) is 6.08.